The van der Waals surface area contributed by atoms with Crippen molar-refractivity contribution in [2.24, 2.45) is 0 Å². The molecule has 0 aliphatic rings. The van der Waals surface area contributed by atoms with Crippen molar-refractivity contribution in [3.8, 4) is 5.69 Å². The first kappa shape index (κ1) is 17.6. The summed E-state index contributed by atoms with van der Waals surface area (Å²) in [6.07, 6.45) is 0. The lowest BCUT2D eigenvalue weighted by Gasteiger charge is -2.14. The third-order valence-corrected chi connectivity index (χ3v) is 4.26. The molecule has 5 nitrogen and oxygen atoms in total. The summed E-state index contributed by atoms with van der Waals surface area (Å²) in [5, 5.41) is 7.11. The van der Waals surface area contributed by atoms with Gasteiger partial charge in [-0.25, -0.2) is 4.68 Å². The summed E-state index contributed by atoms with van der Waals surface area (Å²) in [6, 6.07) is 20.8. The molecule has 26 heavy (non-hydrogen) atoms. The number of carbonyl (C=O) groups excluding carboxylic acids is 1. The van der Waals surface area contributed by atoms with E-state index in [2.05, 4.69) is 10.4 Å². The molecule has 1 aromatic heterocycles. The first-order valence-electron chi connectivity index (χ1n) is 8.56. The van der Waals surface area contributed by atoms with Crippen LogP contribution < -0.4 is 10.7 Å². The molecule has 0 aliphatic heterocycles. The number of carbonyl (C=O) groups is 1. The van der Waals surface area contributed by atoms with Gasteiger partial charge in [-0.2, -0.15) is 5.10 Å². The Bertz CT molecular complexity index is 950. The van der Waals surface area contributed by atoms with Crippen LogP contribution in [0.25, 0.3) is 5.69 Å². The Morgan fingerprint density at radius 2 is 1.69 bits per heavy atom. The second-order valence-electron chi connectivity index (χ2n) is 6.27. The number of hydrogen-bond donors (Lipinski definition) is 1. The molecule has 2 aromatic carbocycles. The Morgan fingerprint density at radius 1 is 1.08 bits per heavy atom. The molecule has 0 spiro atoms. The summed E-state index contributed by atoms with van der Waals surface area (Å²) in [5.74, 6) is -0.315. The van der Waals surface area contributed by atoms with Crippen LogP contribution in [-0.2, 0) is 0 Å². The van der Waals surface area contributed by atoms with Crippen molar-refractivity contribution >= 4 is 5.91 Å². The lowest BCUT2D eigenvalue weighted by atomic mass is 10.0. The second-order valence-corrected chi connectivity index (χ2v) is 6.27. The number of amides is 1. The van der Waals surface area contributed by atoms with Crippen LogP contribution >= 0.6 is 0 Å². The van der Waals surface area contributed by atoms with Crippen LogP contribution in [0, 0.1) is 6.92 Å². The minimum absolute atomic E-state index is 0.0975. The van der Waals surface area contributed by atoms with E-state index in [1.54, 1.807) is 11.6 Å². The van der Waals surface area contributed by atoms with Gasteiger partial charge in [0.25, 0.3) is 5.91 Å². The maximum atomic E-state index is 12.5. The summed E-state index contributed by atoms with van der Waals surface area (Å²) < 4.78 is 1.61. The Hall–Kier alpha value is -3.21. The zero-order valence-electron chi connectivity index (χ0n) is 14.8. The quantitative estimate of drug-likeness (QED) is 0.771. The van der Waals surface area contributed by atoms with Crippen LogP contribution in [-0.4, -0.2) is 22.2 Å². The largest absolute Gasteiger partial charge is 0.350 e. The minimum atomic E-state index is -0.456. The number of rotatable bonds is 5. The van der Waals surface area contributed by atoms with Crippen LogP contribution in [0.4, 0.5) is 0 Å². The standard InChI is InChI=1S/C21H21N3O2/c1-15(17-9-5-3-6-10-17)14-22-21(26)20-19(25)13-16(2)24(23-20)18-11-7-4-8-12-18/h3-13,15H,14H2,1-2H3,(H,22,26). The van der Waals surface area contributed by atoms with Gasteiger partial charge in [0, 0.05) is 18.3 Å². The first-order valence-corrected chi connectivity index (χ1v) is 8.56. The highest BCUT2D eigenvalue weighted by Gasteiger charge is 2.16. The van der Waals surface area contributed by atoms with Gasteiger partial charge in [0.1, 0.15) is 0 Å². The molecule has 132 valence electrons. The average Bonchev–Trinajstić information content (AvgIpc) is 2.67. The molecular weight excluding hydrogens is 326 g/mol. The first-order chi connectivity index (χ1) is 12.6. The van der Waals surface area contributed by atoms with Crippen molar-refractivity contribution in [2.45, 2.75) is 19.8 Å². The molecule has 0 fully saturated rings. The molecule has 1 amide bonds. The van der Waals surface area contributed by atoms with Gasteiger partial charge in [-0.1, -0.05) is 55.5 Å². The van der Waals surface area contributed by atoms with Crippen molar-refractivity contribution in [1.29, 1.82) is 0 Å². The van der Waals surface area contributed by atoms with Crippen LogP contribution in [0.15, 0.2) is 71.5 Å². The average molecular weight is 347 g/mol. The zero-order valence-corrected chi connectivity index (χ0v) is 14.8. The molecule has 0 aliphatic carbocycles. The molecule has 0 saturated heterocycles. The Labute approximate surface area is 152 Å². The summed E-state index contributed by atoms with van der Waals surface area (Å²) in [5.41, 5.74) is 2.14. The monoisotopic (exact) mass is 347 g/mol. The molecule has 0 bridgehead atoms. The third kappa shape index (κ3) is 3.88. The van der Waals surface area contributed by atoms with E-state index in [9.17, 15) is 9.59 Å². The topological polar surface area (TPSA) is 64.0 Å². The summed E-state index contributed by atoms with van der Waals surface area (Å²) in [7, 11) is 0. The van der Waals surface area contributed by atoms with Gasteiger partial charge in [0.15, 0.2) is 5.69 Å². The molecular formula is C21H21N3O2. The van der Waals surface area contributed by atoms with Gasteiger partial charge < -0.3 is 5.32 Å². The predicted molar refractivity (Wildman–Crippen MR) is 102 cm³/mol. The van der Waals surface area contributed by atoms with E-state index in [-0.39, 0.29) is 17.0 Å². The van der Waals surface area contributed by atoms with Crippen molar-refractivity contribution in [3.05, 3.63) is 93.9 Å². The van der Waals surface area contributed by atoms with Crippen molar-refractivity contribution in [1.82, 2.24) is 15.1 Å². The van der Waals surface area contributed by atoms with Gasteiger partial charge in [0.05, 0.1) is 5.69 Å². The molecule has 1 atom stereocenters. The van der Waals surface area contributed by atoms with E-state index in [0.29, 0.717) is 12.2 Å². The number of hydrogen-bond acceptors (Lipinski definition) is 3. The van der Waals surface area contributed by atoms with E-state index >= 15 is 0 Å². The number of nitrogens with one attached hydrogen (secondary N) is 1. The highest BCUT2D eigenvalue weighted by atomic mass is 16.2. The van der Waals surface area contributed by atoms with Gasteiger partial charge in [-0.3, -0.25) is 9.59 Å². The number of nitrogens with zero attached hydrogens (tertiary/aromatic N) is 2. The zero-order chi connectivity index (χ0) is 18.5. The fourth-order valence-electron chi connectivity index (χ4n) is 2.76. The molecule has 3 aromatic rings. The summed E-state index contributed by atoms with van der Waals surface area (Å²) >= 11 is 0. The molecule has 1 N–H and O–H groups in total. The van der Waals surface area contributed by atoms with Crippen molar-refractivity contribution in [2.75, 3.05) is 6.54 Å². The number of aryl methyl sites for hydroxylation is 1. The maximum Gasteiger partial charge on any atom is 0.275 e. The molecule has 1 unspecified atom stereocenters. The molecule has 1 heterocycles. The van der Waals surface area contributed by atoms with Crippen molar-refractivity contribution in [3.63, 3.8) is 0 Å². The lowest BCUT2D eigenvalue weighted by Crippen LogP contribution is -2.34. The molecule has 3 rings (SSSR count). The van der Waals surface area contributed by atoms with Crippen LogP contribution in [0.1, 0.15) is 34.6 Å². The van der Waals surface area contributed by atoms with Gasteiger partial charge in [-0.05, 0) is 30.5 Å². The molecule has 0 radical (unpaired) electrons. The number of para-hydroxylation sites is 1. The van der Waals surface area contributed by atoms with Crippen molar-refractivity contribution < 1.29 is 4.79 Å². The van der Waals surface area contributed by atoms with Crippen LogP contribution in [0.3, 0.4) is 0 Å². The van der Waals surface area contributed by atoms with E-state index < -0.39 is 5.91 Å². The number of aromatic nitrogens is 2. The van der Waals surface area contributed by atoms with Gasteiger partial charge >= 0.3 is 0 Å². The Morgan fingerprint density at radius 3 is 2.35 bits per heavy atom. The maximum absolute atomic E-state index is 12.5. The molecule has 5 heteroatoms. The third-order valence-electron chi connectivity index (χ3n) is 4.26. The van der Waals surface area contributed by atoms with E-state index in [1.165, 1.54) is 6.07 Å². The summed E-state index contributed by atoms with van der Waals surface area (Å²) in [6.45, 7) is 4.25. The van der Waals surface area contributed by atoms with E-state index in [4.69, 9.17) is 0 Å². The molecule has 0 saturated carbocycles. The van der Waals surface area contributed by atoms with E-state index in [1.807, 2.05) is 67.6 Å². The van der Waals surface area contributed by atoms with E-state index in [0.717, 1.165) is 11.3 Å². The van der Waals surface area contributed by atoms with Gasteiger partial charge in [0.2, 0.25) is 5.43 Å². The second kappa shape index (κ2) is 7.78. The van der Waals surface area contributed by atoms with Gasteiger partial charge in [-0.15, -0.1) is 0 Å². The minimum Gasteiger partial charge on any atom is -0.350 e. The number of benzene rings is 2. The fraction of sp³-hybridized carbons (Fsp3) is 0.190. The van der Waals surface area contributed by atoms with Crippen LogP contribution in [0.2, 0.25) is 0 Å². The SMILES string of the molecule is Cc1cc(=O)c(C(=O)NCC(C)c2ccccc2)nn1-c1ccccc1. The lowest BCUT2D eigenvalue weighted by molar-refractivity contribution is 0.0943. The Balaban J connectivity index is 1.80. The highest BCUT2D eigenvalue weighted by Crippen LogP contribution is 2.13. The smallest absolute Gasteiger partial charge is 0.275 e. The predicted octanol–water partition coefficient (Wildman–Crippen LogP) is 3.07. The highest BCUT2D eigenvalue weighted by molar-refractivity contribution is 5.92. The normalized spacial score (nSPS) is 11.8. The van der Waals surface area contributed by atoms with Crippen LogP contribution in [0.5, 0.6) is 0 Å². The Kier molecular flexibility index (Phi) is 5.27. The summed E-state index contributed by atoms with van der Waals surface area (Å²) in [4.78, 5) is 24.8. The fourth-order valence-corrected chi connectivity index (χ4v) is 2.76.